The third-order valence-electron chi connectivity index (χ3n) is 4.72. The number of thiophene rings is 1. The van der Waals surface area contributed by atoms with Crippen molar-refractivity contribution in [2.24, 2.45) is 0 Å². The maximum Gasteiger partial charge on any atom is 0.237 e. The van der Waals surface area contributed by atoms with Crippen molar-refractivity contribution >= 4 is 44.9 Å². The highest BCUT2D eigenvalue weighted by atomic mass is 32.2. The fourth-order valence-electron chi connectivity index (χ4n) is 3.21. The van der Waals surface area contributed by atoms with Crippen LogP contribution >= 0.6 is 23.1 Å². The molecule has 6 nitrogen and oxygen atoms in total. The highest BCUT2D eigenvalue weighted by Crippen LogP contribution is 2.39. The highest BCUT2D eigenvalue weighted by molar-refractivity contribution is 8.00. The molecule has 3 heterocycles. The minimum Gasteiger partial charge on any atom is -0.454 e. The number of nitrogens with one attached hydrogen (secondary N) is 1. The predicted molar refractivity (Wildman–Crippen MR) is 119 cm³/mol. The monoisotopic (exact) mass is 435 g/mol. The van der Waals surface area contributed by atoms with Crippen molar-refractivity contribution in [3.05, 3.63) is 60.2 Å². The van der Waals surface area contributed by atoms with Gasteiger partial charge in [-0.1, -0.05) is 42.1 Å². The van der Waals surface area contributed by atoms with Gasteiger partial charge in [-0.2, -0.15) is 0 Å². The minimum atomic E-state index is -0.350. The van der Waals surface area contributed by atoms with Crippen molar-refractivity contribution in [2.75, 3.05) is 12.1 Å². The van der Waals surface area contributed by atoms with Gasteiger partial charge in [-0.25, -0.2) is 9.97 Å². The van der Waals surface area contributed by atoms with E-state index in [9.17, 15) is 4.79 Å². The molecule has 1 aliphatic rings. The zero-order chi connectivity index (χ0) is 20.5. The number of nitrogens with zero attached hydrogens (tertiary/aromatic N) is 2. The summed E-state index contributed by atoms with van der Waals surface area (Å²) in [5.41, 5.74) is 2.87. The lowest BCUT2D eigenvalue weighted by molar-refractivity contribution is -0.115. The van der Waals surface area contributed by atoms with Crippen molar-refractivity contribution in [1.29, 1.82) is 0 Å². The third-order valence-corrected chi connectivity index (χ3v) is 6.70. The molecule has 0 bridgehead atoms. The molecule has 1 amide bonds. The van der Waals surface area contributed by atoms with E-state index < -0.39 is 0 Å². The van der Waals surface area contributed by atoms with E-state index in [2.05, 4.69) is 32.8 Å². The van der Waals surface area contributed by atoms with Gasteiger partial charge in [0, 0.05) is 22.7 Å². The Bertz CT molecular complexity index is 1230. The van der Waals surface area contributed by atoms with Crippen LogP contribution in [-0.2, 0) is 4.79 Å². The van der Waals surface area contributed by atoms with Crippen LogP contribution in [0.4, 0.5) is 5.69 Å². The fraction of sp³-hybridized carbons (Fsp3) is 0.136. The molecule has 1 atom stereocenters. The summed E-state index contributed by atoms with van der Waals surface area (Å²) in [6, 6.07) is 15.5. The maximum absolute atomic E-state index is 12.8. The second-order valence-electron chi connectivity index (χ2n) is 6.69. The van der Waals surface area contributed by atoms with Crippen LogP contribution < -0.4 is 14.8 Å². The molecule has 2 aromatic heterocycles. The van der Waals surface area contributed by atoms with Crippen LogP contribution in [0.25, 0.3) is 21.3 Å². The molecule has 0 spiro atoms. The van der Waals surface area contributed by atoms with Gasteiger partial charge in [-0.15, -0.1) is 11.3 Å². The number of rotatable bonds is 5. The molecule has 0 saturated carbocycles. The molecule has 0 fully saturated rings. The van der Waals surface area contributed by atoms with Crippen LogP contribution in [-0.4, -0.2) is 27.9 Å². The highest BCUT2D eigenvalue weighted by Gasteiger charge is 2.21. The van der Waals surface area contributed by atoms with Crippen molar-refractivity contribution < 1.29 is 14.3 Å². The Labute approximate surface area is 181 Å². The van der Waals surface area contributed by atoms with Crippen molar-refractivity contribution in [2.45, 2.75) is 17.2 Å². The van der Waals surface area contributed by atoms with Crippen LogP contribution in [0, 0.1) is 0 Å². The van der Waals surface area contributed by atoms with Gasteiger partial charge < -0.3 is 14.8 Å². The van der Waals surface area contributed by atoms with E-state index in [1.54, 1.807) is 35.9 Å². The topological polar surface area (TPSA) is 73.3 Å². The summed E-state index contributed by atoms with van der Waals surface area (Å²) in [6.07, 6.45) is 1.55. The molecule has 8 heteroatoms. The standard InChI is InChI=1S/C22H17N3O3S2/c1-13(20(26)25-15-7-8-17-18(9-15)28-12-27-17)30-22-19-16(14-5-3-2-4-6-14)10-29-21(19)23-11-24-22/h2-11,13H,12H2,1H3,(H,25,26)/t13-/m0/s1. The number of amides is 1. The summed E-state index contributed by atoms with van der Waals surface area (Å²) in [7, 11) is 0. The van der Waals surface area contributed by atoms with Crippen LogP contribution in [0.1, 0.15) is 6.92 Å². The Kier molecular flexibility index (Phi) is 5.02. The zero-order valence-electron chi connectivity index (χ0n) is 16.0. The number of benzene rings is 2. The molecule has 0 aliphatic carbocycles. The van der Waals surface area contributed by atoms with E-state index in [-0.39, 0.29) is 18.0 Å². The molecule has 5 rings (SSSR count). The van der Waals surface area contributed by atoms with Gasteiger partial charge in [0.2, 0.25) is 12.7 Å². The van der Waals surface area contributed by atoms with Crippen LogP contribution in [0.2, 0.25) is 0 Å². The average Bonchev–Trinajstić information content (AvgIpc) is 3.41. The molecule has 2 aromatic carbocycles. The number of carbonyl (C=O) groups is 1. The smallest absolute Gasteiger partial charge is 0.237 e. The Morgan fingerprint density at radius 3 is 2.83 bits per heavy atom. The molecule has 0 unspecified atom stereocenters. The second kappa shape index (κ2) is 7.97. The summed E-state index contributed by atoms with van der Waals surface area (Å²) in [5, 5.41) is 6.47. The van der Waals surface area contributed by atoms with Gasteiger partial charge in [0.05, 0.1) is 10.6 Å². The molecular weight excluding hydrogens is 418 g/mol. The largest absolute Gasteiger partial charge is 0.454 e. The van der Waals surface area contributed by atoms with Gasteiger partial charge in [0.15, 0.2) is 11.5 Å². The minimum absolute atomic E-state index is 0.109. The van der Waals surface area contributed by atoms with Crippen LogP contribution in [0.15, 0.2) is 65.3 Å². The van der Waals surface area contributed by atoms with Crippen molar-refractivity contribution in [3.8, 4) is 22.6 Å². The summed E-state index contributed by atoms with van der Waals surface area (Å²) < 4.78 is 10.7. The molecule has 150 valence electrons. The molecule has 0 saturated heterocycles. The molecule has 1 N–H and O–H groups in total. The summed E-state index contributed by atoms with van der Waals surface area (Å²) in [4.78, 5) is 22.6. The number of anilines is 1. The third kappa shape index (κ3) is 3.59. The molecule has 4 aromatic rings. The number of aromatic nitrogens is 2. The first-order chi connectivity index (χ1) is 14.7. The average molecular weight is 436 g/mol. The van der Waals surface area contributed by atoms with E-state index in [0.717, 1.165) is 26.4 Å². The van der Waals surface area contributed by atoms with E-state index in [1.165, 1.54) is 11.8 Å². The molecule has 30 heavy (non-hydrogen) atoms. The van der Waals surface area contributed by atoms with Crippen molar-refractivity contribution in [3.63, 3.8) is 0 Å². The predicted octanol–water partition coefficient (Wildman–Crippen LogP) is 5.21. The summed E-state index contributed by atoms with van der Waals surface area (Å²) in [5.74, 6) is 1.21. The lowest BCUT2D eigenvalue weighted by Gasteiger charge is -2.13. The quantitative estimate of drug-likeness (QED) is 0.343. The van der Waals surface area contributed by atoms with Crippen LogP contribution in [0.5, 0.6) is 11.5 Å². The van der Waals surface area contributed by atoms with Gasteiger partial charge in [-0.3, -0.25) is 4.79 Å². The Morgan fingerprint density at radius 2 is 1.97 bits per heavy atom. The number of hydrogen-bond acceptors (Lipinski definition) is 7. The Morgan fingerprint density at radius 1 is 1.13 bits per heavy atom. The normalized spacial score (nSPS) is 13.4. The zero-order valence-corrected chi connectivity index (χ0v) is 17.6. The molecule has 0 radical (unpaired) electrons. The lowest BCUT2D eigenvalue weighted by Crippen LogP contribution is -2.22. The van der Waals surface area contributed by atoms with Gasteiger partial charge >= 0.3 is 0 Å². The fourth-order valence-corrected chi connectivity index (χ4v) is 5.12. The SMILES string of the molecule is C[C@H](Sc1ncnc2scc(-c3ccccc3)c12)C(=O)Nc1ccc2c(c1)OCO2. The first-order valence-corrected chi connectivity index (χ1v) is 11.1. The Balaban J connectivity index is 1.38. The number of thioether (sulfide) groups is 1. The summed E-state index contributed by atoms with van der Waals surface area (Å²) in [6.45, 7) is 2.07. The van der Waals surface area contributed by atoms with Gasteiger partial charge in [0.1, 0.15) is 16.2 Å². The molecular formula is C22H17N3O3S2. The van der Waals surface area contributed by atoms with Gasteiger partial charge in [-0.05, 0) is 24.6 Å². The lowest BCUT2D eigenvalue weighted by atomic mass is 10.1. The maximum atomic E-state index is 12.8. The Hall–Kier alpha value is -3.10. The molecule has 1 aliphatic heterocycles. The van der Waals surface area contributed by atoms with Crippen molar-refractivity contribution in [1.82, 2.24) is 9.97 Å². The van der Waals surface area contributed by atoms with E-state index in [1.807, 2.05) is 25.1 Å². The number of ether oxygens (including phenoxy) is 2. The van der Waals surface area contributed by atoms with Crippen LogP contribution in [0.3, 0.4) is 0 Å². The summed E-state index contributed by atoms with van der Waals surface area (Å²) >= 11 is 3.01. The first-order valence-electron chi connectivity index (χ1n) is 9.34. The number of carbonyl (C=O) groups excluding carboxylic acids is 1. The number of hydrogen-bond donors (Lipinski definition) is 1. The number of fused-ring (bicyclic) bond motifs is 2. The van der Waals surface area contributed by atoms with E-state index in [4.69, 9.17) is 9.47 Å². The van der Waals surface area contributed by atoms with E-state index in [0.29, 0.717) is 17.2 Å². The second-order valence-corrected chi connectivity index (χ2v) is 8.88. The van der Waals surface area contributed by atoms with Gasteiger partial charge in [0.25, 0.3) is 0 Å². The van der Waals surface area contributed by atoms with E-state index >= 15 is 0 Å². The first kappa shape index (κ1) is 18.9.